The van der Waals surface area contributed by atoms with E-state index in [2.05, 4.69) is 54.4 Å². The summed E-state index contributed by atoms with van der Waals surface area (Å²) in [5.74, 6) is 1.16. The summed E-state index contributed by atoms with van der Waals surface area (Å²) in [4.78, 5) is 15.2. The Hall–Kier alpha value is -2.33. The first kappa shape index (κ1) is 19.4. The number of likely N-dealkylation sites (tertiary alicyclic amines) is 1. The van der Waals surface area contributed by atoms with E-state index in [0.717, 1.165) is 55.9 Å². The minimum atomic E-state index is 0.0934. The van der Waals surface area contributed by atoms with E-state index in [1.54, 1.807) is 7.11 Å². The summed E-state index contributed by atoms with van der Waals surface area (Å²) in [6, 6.07) is 14.4. The van der Waals surface area contributed by atoms with Crippen LogP contribution in [0.4, 0.5) is 5.69 Å². The zero-order chi connectivity index (χ0) is 19.2. The molecule has 0 aromatic heterocycles. The van der Waals surface area contributed by atoms with Gasteiger partial charge in [-0.3, -0.25) is 9.69 Å². The molecule has 0 atom stereocenters. The van der Waals surface area contributed by atoms with Gasteiger partial charge in [-0.2, -0.15) is 0 Å². The highest BCUT2D eigenvalue weighted by molar-refractivity contribution is 5.94. The molecule has 4 heteroatoms. The maximum Gasteiger partial charge on any atom is 0.227 e. The lowest BCUT2D eigenvalue weighted by molar-refractivity contribution is -0.121. The molecule has 1 heterocycles. The molecule has 27 heavy (non-hydrogen) atoms. The highest BCUT2D eigenvalue weighted by Crippen LogP contribution is 2.25. The first-order valence-corrected chi connectivity index (χ1v) is 9.85. The van der Waals surface area contributed by atoms with Crippen LogP contribution in [0.1, 0.15) is 36.5 Å². The summed E-state index contributed by atoms with van der Waals surface area (Å²) in [6.45, 7) is 6.99. The summed E-state index contributed by atoms with van der Waals surface area (Å²) >= 11 is 0. The fraction of sp³-hybridized carbons (Fsp3) is 0.435. The molecular formula is C23H30N2O2. The molecule has 0 saturated carbocycles. The van der Waals surface area contributed by atoms with Crippen molar-refractivity contribution in [2.24, 2.45) is 5.92 Å². The fourth-order valence-corrected chi connectivity index (χ4v) is 3.81. The van der Waals surface area contributed by atoms with Crippen molar-refractivity contribution < 1.29 is 9.53 Å². The number of piperidine rings is 1. The largest absolute Gasteiger partial charge is 0.497 e. The van der Waals surface area contributed by atoms with Crippen LogP contribution in [0, 0.1) is 12.8 Å². The number of aryl methyl sites for hydroxylation is 2. The van der Waals surface area contributed by atoms with Crippen LogP contribution < -0.4 is 10.1 Å². The quantitative estimate of drug-likeness (QED) is 0.823. The van der Waals surface area contributed by atoms with Gasteiger partial charge in [-0.25, -0.2) is 0 Å². The molecule has 144 valence electrons. The fourth-order valence-electron chi connectivity index (χ4n) is 3.81. The number of hydrogen-bond donors (Lipinski definition) is 1. The second kappa shape index (κ2) is 9.05. The number of rotatable bonds is 6. The number of carbonyl (C=O) groups excluding carboxylic acids is 1. The summed E-state index contributed by atoms with van der Waals surface area (Å²) < 4.78 is 5.31. The van der Waals surface area contributed by atoms with Crippen molar-refractivity contribution in [3.05, 3.63) is 59.2 Å². The molecule has 2 aromatic rings. The third kappa shape index (κ3) is 4.89. The Morgan fingerprint density at radius 3 is 2.63 bits per heavy atom. The number of ether oxygens (including phenoxy) is 1. The number of hydrogen-bond acceptors (Lipinski definition) is 3. The number of anilines is 1. The number of nitrogens with one attached hydrogen (secondary N) is 1. The number of para-hydroxylation sites is 1. The first-order valence-electron chi connectivity index (χ1n) is 9.85. The predicted molar refractivity (Wildman–Crippen MR) is 110 cm³/mol. The Morgan fingerprint density at radius 1 is 1.19 bits per heavy atom. The van der Waals surface area contributed by atoms with Crippen LogP contribution >= 0.6 is 0 Å². The summed E-state index contributed by atoms with van der Waals surface area (Å²) in [5.41, 5.74) is 4.60. The first-order chi connectivity index (χ1) is 13.1. The van der Waals surface area contributed by atoms with Gasteiger partial charge in [-0.05, 0) is 68.1 Å². The Labute approximate surface area is 162 Å². The highest BCUT2D eigenvalue weighted by atomic mass is 16.5. The Morgan fingerprint density at radius 2 is 1.93 bits per heavy atom. The normalized spacial score (nSPS) is 15.5. The topological polar surface area (TPSA) is 41.6 Å². The number of amides is 1. The number of methoxy groups -OCH3 is 1. The molecule has 0 unspecified atom stereocenters. The number of benzene rings is 2. The van der Waals surface area contributed by atoms with Gasteiger partial charge >= 0.3 is 0 Å². The lowest BCUT2D eigenvalue weighted by Crippen LogP contribution is -2.38. The molecule has 1 saturated heterocycles. The Kier molecular flexibility index (Phi) is 6.51. The molecule has 1 fully saturated rings. The molecule has 3 rings (SSSR count). The predicted octanol–water partition coefficient (Wildman–Crippen LogP) is 4.42. The van der Waals surface area contributed by atoms with Gasteiger partial charge in [0, 0.05) is 18.2 Å². The van der Waals surface area contributed by atoms with Gasteiger partial charge in [-0.15, -0.1) is 0 Å². The molecule has 0 aliphatic carbocycles. The number of nitrogens with zero attached hydrogens (tertiary/aromatic N) is 1. The second-order valence-corrected chi connectivity index (χ2v) is 7.35. The van der Waals surface area contributed by atoms with Crippen LogP contribution in [-0.4, -0.2) is 31.0 Å². The summed E-state index contributed by atoms with van der Waals surface area (Å²) in [5, 5.41) is 3.21. The van der Waals surface area contributed by atoms with Crippen LogP contribution in [0.5, 0.6) is 5.75 Å². The van der Waals surface area contributed by atoms with Gasteiger partial charge in [-0.1, -0.05) is 37.3 Å². The van der Waals surface area contributed by atoms with Crippen LogP contribution in [0.15, 0.2) is 42.5 Å². The van der Waals surface area contributed by atoms with Gasteiger partial charge in [0.1, 0.15) is 5.75 Å². The van der Waals surface area contributed by atoms with Crippen molar-refractivity contribution >= 4 is 11.6 Å². The van der Waals surface area contributed by atoms with Gasteiger partial charge < -0.3 is 10.1 Å². The van der Waals surface area contributed by atoms with Crippen LogP contribution in [0.25, 0.3) is 0 Å². The maximum atomic E-state index is 12.8. The van der Waals surface area contributed by atoms with E-state index in [4.69, 9.17) is 4.74 Å². The van der Waals surface area contributed by atoms with E-state index >= 15 is 0 Å². The van der Waals surface area contributed by atoms with E-state index in [0.29, 0.717) is 0 Å². The molecular weight excluding hydrogens is 336 g/mol. The lowest BCUT2D eigenvalue weighted by Gasteiger charge is -2.31. The SMILES string of the molecule is CCc1cccc(C)c1NC(=O)C1CCN(Cc2cccc(OC)c2)CC1. The molecule has 0 spiro atoms. The van der Waals surface area contributed by atoms with Crippen molar-refractivity contribution in [1.82, 2.24) is 4.90 Å². The molecule has 1 amide bonds. The van der Waals surface area contributed by atoms with Crippen molar-refractivity contribution in [3.63, 3.8) is 0 Å². The number of carbonyl (C=O) groups is 1. The molecule has 1 N–H and O–H groups in total. The molecule has 2 aromatic carbocycles. The van der Waals surface area contributed by atoms with E-state index < -0.39 is 0 Å². The van der Waals surface area contributed by atoms with Crippen molar-refractivity contribution in [2.75, 3.05) is 25.5 Å². The van der Waals surface area contributed by atoms with E-state index in [1.807, 2.05) is 12.1 Å². The van der Waals surface area contributed by atoms with Gasteiger partial charge in [0.05, 0.1) is 7.11 Å². The molecule has 0 bridgehead atoms. The highest BCUT2D eigenvalue weighted by Gasteiger charge is 2.25. The summed E-state index contributed by atoms with van der Waals surface area (Å²) in [6.07, 6.45) is 2.74. The molecule has 4 nitrogen and oxygen atoms in total. The van der Waals surface area contributed by atoms with Crippen LogP contribution in [0.2, 0.25) is 0 Å². The van der Waals surface area contributed by atoms with Crippen molar-refractivity contribution in [3.8, 4) is 5.75 Å². The van der Waals surface area contributed by atoms with Crippen molar-refractivity contribution in [2.45, 2.75) is 39.7 Å². The Balaban J connectivity index is 1.55. The zero-order valence-electron chi connectivity index (χ0n) is 16.6. The van der Waals surface area contributed by atoms with E-state index in [-0.39, 0.29) is 11.8 Å². The standard InChI is InChI=1S/C23H30N2O2/c1-4-19-9-5-7-17(2)22(19)24-23(26)20-11-13-25(14-12-20)16-18-8-6-10-21(15-18)27-3/h5-10,15,20H,4,11-14,16H2,1-3H3,(H,24,26). The average Bonchev–Trinajstić information content (AvgIpc) is 2.70. The lowest BCUT2D eigenvalue weighted by atomic mass is 9.95. The second-order valence-electron chi connectivity index (χ2n) is 7.35. The van der Waals surface area contributed by atoms with Crippen LogP contribution in [0.3, 0.4) is 0 Å². The monoisotopic (exact) mass is 366 g/mol. The zero-order valence-corrected chi connectivity index (χ0v) is 16.6. The van der Waals surface area contributed by atoms with Gasteiger partial charge in [0.25, 0.3) is 0 Å². The van der Waals surface area contributed by atoms with Crippen molar-refractivity contribution in [1.29, 1.82) is 0 Å². The van der Waals surface area contributed by atoms with Gasteiger partial charge in [0.15, 0.2) is 0 Å². The molecule has 1 aliphatic rings. The average molecular weight is 367 g/mol. The third-order valence-corrected chi connectivity index (χ3v) is 5.49. The maximum absolute atomic E-state index is 12.8. The minimum absolute atomic E-state index is 0.0934. The van der Waals surface area contributed by atoms with E-state index in [1.165, 1.54) is 11.1 Å². The summed E-state index contributed by atoms with van der Waals surface area (Å²) in [7, 11) is 1.70. The smallest absolute Gasteiger partial charge is 0.227 e. The van der Waals surface area contributed by atoms with E-state index in [9.17, 15) is 4.79 Å². The molecule has 0 radical (unpaired) electrons. The van der Waals surface area contributed by atoms with Crippen LogP contribution in [-0.2, 0) is 17.8 Å². The minimum Gasteiger partial charge on any atom is -0.497 e. The third-order valence-electron chi connectivity index (χ3n) is 5.49. The Bertz CT molecular complexity index is 780. The van der Waals surface area contributed by atoms with Gasteiger partial charge in [0.2, 0.25) is 5.91 Å². The molecule has 1 aliphatic heterocycles.